The molecule has 2 rings (SSSR count). The van der Waals surface area contributed by atoms with E-state index in [1.54, 1.807) is 42.7 Å². The van der Waals surface area contributed by atoms with Crippen molar-refractivity contribution in [1.82, 2.24) is 10.3 Å². The highest BCUT2D eigenvalue weighted by Crippen LogP contribution is 2.15. The van der Waals surface area contributed by atoms with Gasteiger partial charge in [0, 0.05) is 11.2 Å². The second-order valence-corrected chi connectivity index (χ2v) is 5.10. The van der Waals surface area contributed by atoms with Crippen molar-refractivity contribution in [1.29, 1.82) is 0 Å². The Kier molecular flexibility index (Phi) is 6.03. The van der Waals surface area contributed by atoms with E-state index in [0.29, 0.717) is 23.1 Å². The van der Waals surface area contributed by atoms with Crippen molar-refractivity contribution in [2.45, 2.75) is 13.0 Å². The molecule has 0 aliphatic rings. The van der Waals surface area contributed by atoms with Crippen LogP contribution in [0.2, 0.25) is 5.02 Å². The first-order valence-corrected chi connectivity index (χ1v) is 7.23. The van der Waals surface area contributed by atoms with Gasteiger partial charge in [0.1, 0.15) is 17.6 Å². The molecule has 0 radical (unpaired) electrons. The standard InChI is InChI=1S/C16H17ClN2O3/c1-12(22-15-3-2-8-18-10-15)9-19-16(20)11-21-14-6-4-13(17)5-7-14/h2-8,10,12H,9,11H2,1H3,(H,19,20). The lowest BCUT2D eigenvalue weighted by molar-refractivity contribution is -0.123. The normalized spacial score (nSPS) is 11.5. The van der Waals surface area contributed by atoms with Crippen molar-refractivity contribution < 1.29 is 14.3 Å². The van der Waals surface area contributed by atoms with E-state index in [0.717, 1.165) is 0 Å². The lowest BCUT2D eigenvalue weighted by Crippen LogP contribution is -2.36. The quantitative estimate of drug-likeness (QED) is 0.852. The van der Waals surface area contributed by atoms with Crippen LogP contribution in [0.5, 0.6) is 11.5 Å². The van der Waals surface area contributed by atoms with Crippen molar-refractivity contribution in [2.75, 3.05) is 13.2 Å². The number of ether oxygens (including phenoxy) is 2. The number of hydrogen-bond acceptors (Lipinski definition) is 4. The molecule has 0 aliphatic heterocycles. The molecule has 0 bridgehead atoms. The summed E-state index contributed by atoms with van der Waals surface area (Å²) in [6, 6.07) is 10.4. The van der Waals surface area contributed by atoms with Crippen LogP contribution in [0.1, 0.15) is 6.92 Å². The Morgan fingerprint density at radius 2 is 2.05 bits per heavy atom. The SMILES string of the molecule is CC(CNC(=O)COc1ccc(Cl)cc1)Oc1cccnc1. The van der Waals surface area contributed by atoms with E-state index < -0.39 is 0 Å². The van der Waals surface area contributed by atoms with Crippen molar-refractivity contribution in [2.24, 2.45) is 0 Å². The second kappa shape index (κ2) is 8.24. The van der Waals surface area contributed by atoms with E-state index >= 15 is 0 Å². The third-order valence-electron chi connectivity index (χ3n) is 2.74. The Balaban J connectivity index is 1.67. The molecule has 22 heavy (non-hydrogen) atoms. The van der Waals surface area contributed by atoms with Gasteiger partial charge in [-0.2, -0.15) is 0 Å². The molecule has 1 atom stereocenters. The van der Waals surface area contributed by atoms with Crippen molar-refractivity contribution in [3.63, 3.8) is 0 Å². The summed E-state index contributed by atoms with van der Waals surface area (Å²) < 4.78 is 11.0. The van der Waals surface area contributed by atoms with Crippen molar-refractivity contribution in [3.8, 4) is 11.5 Å². The third kappa shape index (κ3) is 5.61. The minimum absolute atomic E-state index is 0.0543. The van der Waals surface area contributed by atoms with Crippen LogP contribution < -0.4 is 14.8 Å². The smallest absolute Gasteiger partial charge is 0.258 e. The number of halogens is 1. The number of carbonyl (C=O) groups excluding carboxylic acids is 1. The maximum absolute atomic E-state index is 11.7. The zero-order valence-corrected chi connectivity index (χ0v) is 12.9. The first-order chi connectivity index (χ1) is 10.6. The number of aromatic nitrogens is 1. The van der Waals surface area contributed by atoms with Gasteiger partial charge in [-0.1, -0.05) is 11.6 Å². The van der Waals surface area contributed by atoms with E-state index in [-0.39, 0.29) is 18.6 Å². The van der Waals surface area contributed by atoms with Crippen LogP contribution in [-0.2, 0) is 4.79 Å². The molecule has 1 heterocycles. The molecule has 0 saturated carbocycles. The van der Waals surface area contributed by atoms with E-state index in [1.807, 2.05) is 13.0 Å². The molecule has 5 nitrogen and oxygen atoms in total. The molecular formula is C16H17ClN2O3. The highest BCUT2D eigenvalue weighted by Gasteiger charge is 2.08. The number of rotatable bonds is 7. The van der Waals surface area contributed by atoms with Gasteiger partial charge in [0.15, 0.2) is 6.61 Å². The summed E-state index contributed by atoms with van der Waals surface area (Å²) in [6.07, 6.45) is 3.14. The number of nitrogens with zero attached hydrogens (tertiary/aromatic N) is 1. The summed E-state index contributed by atoms with van der Waals surface area (Å²) >= 11 is 5.77. The zero-order valence-electron chi connectivity index (χ0n) is 12.2. The van der Waals surface area contributed by atoms with Crippen LogP contribution >= 0.6 is 11.6 Å². The largest absolute Gasteiger partial charge is 0.487 e. The summed E-state index contributed by atoms with van der Waals surface area (Å²) in [4.78, 5) is 15.7. The molecule has 0 aliphatic carbocycles. The monoisotopic (exact) mass is 320 g/mol. The van der Waals surface area contributed by atoms with Gasteiger partial charge in [-0.3, -0.25) is 9.78 Å². The van der Waals surface area contributed by atoms with E-state index in [9.17, 15) is 4.79 Å². The average Bonchev–Trinajstić information content (AvgIpc) is 2.53. The van der Waals surface area contributed by atoms with Crippen LogP contribution in [0.15, 0.2) is 48.8 Å². The fraction of sp³-hybridized carbons (Fsp3) is 0.250. The van der Waals surface area contributed by atoms with Gasteiger partial charge >= 0.3 is 0 Å². The van der Waals surface area contributed by atoms with Gasteiger partial charge in [-0.05, 0) is 43.3 Å². The molecule has 1 N–H and O–H groups in total. The van der Waals surface area contributed by atoms with Crippen LogP contribution in [0.4, 0.5) is 0 Å². The van der Waals surface area contributed by atoms with Gasteiger partial charge in [-0.25, -0.2) is 0 Å². The minimum Gasteiger partial charge on any atom is -0.487 e. The van der Waals surface area contributed by atoms with Crippen molar-refractivity contribution >= 4 is 17.5 Å². The predicted octanol–water partition coefficient (Wildman–Crippen LogP) is 2.70. The number of hydrogen-bond donors (Lipinski definition) is 1. The van der Waals surface area contributed by atoms with Crippen LogP contribution in [0, 0.1) is 0 Å². The number of amides is 1. The molecule has 1 amide bonds. The first-order valence-electron chi connectivity index (χ1n) is 6.85. The third-order valence-corrected chi connectivity index (χ3v) is 2.99. The fourth-order valence-electron chi connectivity index (χ4n) is 1.68. The summed E-state index contributed by atoms with van der Waals surface area (Å²) in [7, 11) is 0. The maximum atomic E-state index is 11.7. The Morgan fingerprint density at radius 3 is 2.73 bits per heavy atom. The Hall–Kier alpha value is -2.27. The molecular weight excluding hydrogens is 304 g/mol. The molecule has 1 unspecified atom stereocenters. The van der Waals surface area contributed by atoms with Gasteiger partial charge in [0.2, 0.25) is 0 Å². The summed E-state index contributed by atoms with van der Waals surface area (Å²) in [5, 5.41) is 3.37. The number of carbonyl (C=O) groups is 1. The predicted molar refractivity (Wildman–Crippen MR) is 84.3 cm³/mol. The van der Waals surface area contributed by atoms with Crippen LogP contribution in [0.25, 0.3) is 0 Å². The van der Waals surface area contributed by atoms with E-state index in [1.165, 1.54) is 0 Å². The highest BCUT2D eigenvalue weighted by atomic mass is 35.5. The number of pyridine rings is 1. The minimum atomic E-state index is -0.211. The Labute approximate surface area is 134 Å². The molecule has 116 valence electrons. The van der Waals surface area contributed by atoms with E-state index in [4.69, 9.17) is 21.1 Å². The molecule has 6 heteroatoms. The number of benzene rings is 1. The molecule has 1 aromatic heterocycles. The molecule has 2 aromatic rings. The van der Waals surface area contributed by atoms with Crippen LogP contribution in [-0.4, -0.2) is 30.1 Å². The summed E-state index contributed by atoms with van der Waals surface area (Å²) in [5.41, 5.74) is 0. The fourth-order valence-corrected chi connectivity index (χ4v) is 1.81. The van der Waals surface area contributed by atoms with Gasteiger partial charge in [0.05, 0.1) is 12.7 Å². The number of nitrogens with one attached hydrogen (secondary N) is 1. The van der Waals surface area contributed by atoms with Crippen molar-refractivity contribution in [3.05, 3.63) is 53.8 Å². The molecule has 0 spiro atoms. The lowest BCUT2D eigenvalue weighted by atomic mass is 10.3. The maximum Gasteiger partial charge on any atom is 0.258 e. The van der Waals surface area contributed by atoms with Gasteiger partial charge < -0.3 is 14.8 Å². The molecule has 1 aromatic carbocycles. The zero-order chi connectivity index (χ0) is 15.8. The summed E-state index contributed by atoms with van der Waals surface area (Å²) in [5.74, 6) is 1.05. The molecule has 0 saturated heterocycles. The van der Waals surface area contributed by atoms with Gasteiger partial charge in [0.25, 0.3) is 5.91 Å². The average molecular weight is 321 g/mol. The lowest BCUT2D eigenvalue weighted by Gasteiger charge is -2.15. The Bertz CT molecular complexity index is 590. The van der Waals surface area contributed by atoms with Crippen LogP contribution in [0.3, 0.4) is 0 Å². The topological polar surface area (TPSA) is 60.5 Å². The molecule has 0 fully saturated rings. The second-order valence-electron chi connectivity index (χ2n) is 4.66. The summed E-state index contributed by atoms with van der Waals surface area (Å²) in [6.45, 7) is 2.20. The Morgan fingerprint density at radius 1 is 1.27 bits per heavy atom. The van der Waals surface area contributed by atoms with E-state index in [2.05, 4.69) is 10.3 Å². The highest BCUT2D eigenvalue weighted by molar-refractivity contribution is 6.30. The van der Waals surface area contributed by atoms with Gasteiger partial charge in [-0.15, -0.1) is 0 Å². The first kappa shape index (κ1) is 16.1.